The molecule has 148 valence electrons. The van der Waals surface area contributed by atoms with E-state index in [1.54, 1.807) is 18.2 Å². The standard InChI is InChI=1S/C22H20FN3O2S/c1-12(2)22(20(27)25-21(29)26-22)16-9-10-18(24-19(16)28-3)14-8-7-13-5-4-6-17(23)15(13)11-14/h4-12H,1-3H3,(H2,25,26,27,29). The third-order valence-electron chi connectivity index (χ3n) is 5.37. The molecule has 0 bridgehead atoms. The van der Waals surface area contributed by atoms with Gasteiger partial charge in [-0.1, -0.05) is 38.1 Å². The Morgan fingerprint density at radius 1 is 1.17 bits per heavy atom. The molecule has 0 radical (unpaired) electrons. The number of fused-ring (bicyclic) bond motifs is 1. The summed E-state index contributed by atoms with van der Waals surface area (Å²) in [7, 11) is 1.51. The van der Waals surface area contributed by atoms with Crippen LogP contribution in [0.15, 0.2) is 48.5 Å². The molecule has 2 aromatic carbocycles. The van der Waals surface area contributed by atoms with Crippen molar-refractivity contribution in [1.82, 2.24) is 15.6 Å². The number of hydrogen-bond donors (Lipinski definition) is 2. The molecule has 3 aromatic rings. The number of ether oxygens (including phenoxy) is 1. The molecule has 5 nitrogen and oxygen atoms in total. The third-order valence-corrected chi connectivity index (χ3v) is 5.57. The van der Waals surface area contributed by atoms with Crippen molar-refractivity contribution in [2.75, 3.05) is 7.11 Å². The highest BCUT2D eigenvalue weighted by atomic mass is 32.1. The minimum Gasteiger partial charge on any atom is -0.481 e. The first-order valence-electron chi connectivity index (χ1n) is 9.24. The Balaban J connectivity index is 1.85. The van der Waals surface area contributed by atoms with Crippen molar-refractivity contribution in [3.05, 3.63) is 59.9 Å². The van der Waals surface area contributed by atoms with Crippen molar-refractivity contribution in [3.8, 4) is 17.1 Å². The summed E-state index contributed by atoms with van der Waals surface area (Å²) in [5.74, 6) is -0.318. The fourth-order valence-electron chi connectivity index (χ4n) is 3.83. The zero-order chi connectivity index (χ0) is 20.8. The van der Waals surface area contributed by atoms with Crippen LogP contribution in [0.25, 0.3) is 22.0 Å². The first-order valence-corrected chi connectivity index (χ1v) is 9.65. The Morgan fingerprint density at radius 3 is 2.62 bits per heavy atom. The van der Waals surface area contributed by atoms with Gasteiger partial charge in [0.05, 0.1) is 12.8 Å². The molecule has 1 aromatic heterocycles. The summed E-state index contributed by atoms with van der Waals surface area (Å²) in [4.78, 5) is 17.4. The van der Waals surface area contributed by atoms with E-state index in [0.29, 0.717) is 22.5 Å². The van der Waals surface area contributed by atoms with Gasteiger partial charge in [-0.3, -0.25) is 4.79 Å². The van der Waals surface area contributed by atoms with Crippen molar-refractivity contribution in [3.63, 3.8) is 0 Å². The maximum absolute atomic E-state index is 14.2. The summed E-state index contributed by atoms with van der Waals surface area (Å²) in [6.45, 7) is 3.86. The first kappa shape index (κ1) is 19.3. The van der Waals surface area contributed by atoms with Crippen LogP contribution in [0.2, 0.25) is 0 Å². The summed E-state index contributed by atoms with van der Waals surface area (Å²) in [6, 6.07) is 14.1. The smallest absolute Gasteiger partial charge is 0.257 e. The number of pyridine rings is 1. The average Bonchev–Trinajstić information content (AvgIpc) is 3.02. The van der Waals surface area contributed by atoms with E-state index in [2.05, 4.69) is 15.6 Å². The molecule has 0 saturated carbocycles. The van der Waals surface area contributed by atoms with Crippen LogP contribution in [-0.2, 0) is 10.3 Å². The lowest BCUT2D eigenvalue weighted by Crippen LogP contribution is -2.48. The van der Waals surface area contributed by atoms with Gasteiger partial charge in [0.1, 0.15) is 5.82 Å². The number of carbonyl (C=O) groups is 1. The van der Waals surface area contributed by atoms with Crippen molar-refractivity contribution >= 4 is 34.0 Å². The zero-order valence-corrected chi connectivity index (χ0v) is 17.1. The monoisotopic (exact) mass is 409 g/mol. The van der Waals surface area contributed by atoms with Crippen LogP contribution in [0.5, 0.6) is 5.88 Å². The maximum atomic E-state index is 14.2. The lowest BCUT2D eigenvalue weighted by atomic mass is 9.80. The minimum absolute atomic E-state index is 0.112. The molecule has 7 heteroatoms. The van der Waals surface area contributed by atoms with Crippen LogP contribution in [0.1, 0.15) is 19.4 Å². The van der Waals surface area contributed by atoms with Crippen molar-refractivity contribution < 1.29 is 13.9 Å². The van der Waals surface area contributed by atoms with Crippen LogP contribution in [-0.4, -0.2) is 23.1 Å². The van der Waals surface area contributed by atoms with E-state index in [1.807, 2.05) is 38.1 Å². The number of halogens is 1. The summed E-state index contributed by atoms with van der Waals surface area (Å²) in [5, 5.41) is 7.39. The predicted molar refractivity (Wildman–Crippen MR) is 114 cm³/mol. The fraction of sp³-hybridized carbons (Fsp3) is 0.227. The number of thiocarbonyl (C=S) groups is 1. The molecular weight excluding hydrogens is 389 g/mol. The van der Waals surface area contributed by atoms with Crippen molar-refractivity contribution in [1.29, 1.82) is 0 Å². The summed E-state index contributed by atoms with van der Waals surface area (Å²) < 4.78 is 19.7. The SMILES string of the molecule is COc1nc(-c2ccc3cccc(F)c3c2)ccc1C1(C(C)C)NC(=S)NC1=O. The molecule has 2 heterocycles. The van der Waals surface area contributed by atoms with Crippen LogP contribution < -0.4 is 15.4 Å². The van der Waals surface area contributed by atoms with Gasteiger partial charge in [0.25, 0.3) is 5.91 Å². The molecule has 1 fully saturated rings. The van der Waals surface area contributed by atoms with E-state index in [-0.39, 0.29) is 22.8 Å². The third kappa shape index (κ3) is 3.02. The lowest BCUT2D eigenvalue weighted by Gasteiger charge is -2.32. The highest BCUT2D eigenvalue weighted by Crippen LogP contribution is 2.38. The number of benzene rings is 2. The zero-order valence-electron chi connectivity index (χ0n) is 16.2. The Hall–Kier alpha value is -3.06. The number of carbonyl (C=O) groups excluding carboxylic acids is 1. The predicted octanol–water partition coefficient (Wildman–Crippen LogP) is 3.91. The van der Waals surface area contributed by atoms with Gasteiger partial charge in [0, 0.05) is 16.5 Å². The van der Waals surface area contributed by atoms with E-state index < -0.39 is 5.54 Å². The van der Waals surface area contributed by atoms with E-state index in [9.17, 15) is 9.18 Å². The molecule has 4 rings (SSSR count). The van der Waals surface area contributed by atoms with Gasteiger partial charge in [0.2, 0.25) is 5.88 Å². The van der Waals surface area contributed by atoms with Gasteiger partial charge in [0.15, 0.2) is 10.7 Å². The highest BCUT2D eigenvalue weighted by molar-refractivity contribution is 7.80. The highest BCUT2D eigenvalue weighted by Gasteiger charge is 2.50. The normalized spacial score (nSPS) is 18.8. The Bertz CT molecular complexity index is 1150. The molecule has 2 N–H and O–H groups in total. The molecule has 1 unspecified atom stereocenters. The molecule has 1 amide bonds. The molecule has 29 heavy (non-hydrogen) atoms. The lowest BCUT2D eigenvalue weighted by molar-refractivity contribution is -0.125. The Morgan fingerprint density at radius 2 is 1.97 bits per heavy atom. The number of amides is 1. The number of nitrogens with one attached hydrogen (secondary N) is 2. The molecular formula is C22H20FN3O2S. The maximum Gasteiger partial charge on any atom is 0.257 e. The van der Waals surface area contributed by atoms with E-state index in [1.165, 1.54) is 13.2 Å². The van der Waals surface area contributed by atoms with Gasteiger partial charge >= 0.3 is 0 Å². The second-order valence-corrected chi connectivity index (χ2v) is 7.71. The molecule has 0 spiro atoms. The van der Waals surface area contributed by atoms with Gasteiger partial charge in [-0.25, -0.2) is 9.37 Å². The second kappa shape index (κ2) is 7.08. The molecule has 0 aliphatic carbocycles. The second-order valence-electron chi connectivity index (χ2n) is 7.30. The quantitative estimate of drug-likeness (QED) is 0.640. The molecule has 1 aliphatic rings. The van der Waals surface area contributed by atoms with Crippen molar-refractivity contribution in [2.24, 2.45) is 5.92 Å². The van der Waals surface area contributed by atoms with Gasteiger partial charge in [-0.2, -0.15) is 0 Å². The minimum atomic E-state index is -1.07. The molecule has 1 saturated heterocycles. The van der Waals surface area contributed by atoms with Crippen molar-refractivity contribution in [2.45, 2.75) is 19.4 Å². The van der Waals surface area contributed by atoms with Gasteiger partial charge < -0.3 is 15.4 Å². The summed E-state index contributed by atoms with van der Waals surface area (Å²) in [5.41, 5.74) is 0.910. The number of aromatic nitrogens is 1. The molecule has 1 atom stereocenters. The average molecular weight is 409 g/mol. The number of methoxy groups -OCH3 is 1. The number of nitrogens with zero attached hydrogens (tertiary/aromatic N) is 1. The van der Waals surface area contributed by atoms with Gasteiger partial charge in [-0.15, -0.1) is 0 Å². The fourth-order valence-corrected chi connectivity index (χ4v) is 4.08. The number of rotatable bonds is 4. The molecule has 1 aliphatic heterocycles. The van der Waals surface area contributed by atoms with Crippen LogP contribution >= 0.6 is 12.2 Å². The van der Waals surface area contributed by atoms with E-state index >= 15 is 0 Å². The number of hydrogen-bond acceptors (Lipinski definition) is 4. The van der Waals surface area contributed by atoms with Crippen LogP contribution in [0.4, 0.5) is 4.39 Å². The van der Waals surface area contributed by atoms with Crippen LogP contribution in [0, 0.1) is 11.7 Å². The first-order chi connectivity index (χ1) is 13.9. The summed E-state index contributed by atoms with van der Waals surface area (Å²) in [6.07, 6.45) is 0. The topological polar surface area (TPSA) is 63.2 Å². The van der Waals surface area contributed by atoms with Crippen LogP contribution in [0.3, 0.4) is 0 Å². The Labute approximate surface area is 173 Å². The summed E-state index contributed by atoms with van der Waals surface area (Å²) >= 11 is 5.16. The van der Waals surface area contributed by atoms with E-state index in [4.69, 9.17) is 17.0 Å². The largest absolute Gasteiger partial charge is 0.481 e. The van der Waals surface area contributed by atoms with E-state index in [0.717, 1.165) is 10.9 Å². The van der Waals surface area contributed by atoms with Gasteiger partial charge in [-0.05, 0) is 47.8 Å². The Kier molecular flexibility index (Phi) is 4.70.